The van der Waals surface area contributed by atoms with Crippen molar-refractivity contribution in [1.82, 2.24) is 28.7 Å². The van der Waals surface area contributed by atoms with Gasteiger partial charge in [0.2, 0.25) is 5.95 Å². The number of para-hydroxylation sites is 4. The molecule has 0 saturated heterocycles. The van der Waals surface area contributed by atoms with Gasteiger partial charge < -0.3 is 9.13 Å². The van der Waals surface area contributed by atoms with E-state index in [2.05, 4.69) is 190 Å². The lowest BCUT2D eigenvalue weighted by Crippen LogP contribution is -2.06. The Balaban J connectivity index is 1.13. The fourth-order valence-electron chi connectivity index (χ4n) is 9.00. The topological polar surface area (TPSA) is 53.5 Å². The van der Waals surface area contributed by atoms with Gasteiger partial charge in [-0.1, -0.05) is 139 Å². The molecule has 0 aliphatic heterocycles. The van der Waals surface area contributed by atoms with Crippen LogP contribution in [0.15, 0.2) is 188 Å². The Morgan fingerprint density at radius 1 is 0.328 bits per heavy atom. The number of rotatable bonds is 5. The SMILES string of the molecule is Cc1ccc(-c2nc(-c3ccccc3)nc(-n3c4ccccc4c4c5c6ccccc6n(-c6cccc(-n7c8ccccc8c8ccccc87)c6)c5ccc43)n2)cc1. The summed E-state index contributed by atoms with van der Waals surface area (Å²) >= 11 is 0. The van der Waals surface area contributed by atoms with E-state index in [1.165, 1.54) is 43.5 Å². The van der Waals surface area contributed by atoms with Crippen molar-refractivity contribution in [3.63, 3.8) is 0 Å². The van der Waals surface area contributed by atoms with E-state index in [1.54, 1.807) is 0 Å². The van der Waals surface area contributed by atoms with E-state index in [4.69, 9.17) is 15.0 Å². The fourth-order valence-corrected chi connectivity index (χ4v) is 9.00. The second-order valence-corrected chi connectivity index (χ2v) is 15.0. The predicted octanol–water partition coefficient (Wildman–Crippen LogP) is 12.8. The fraction of sp³-hybridized carbons (Fsp3) is 0.0192. The zero-order chi connectivity index (χ0) is 38.3. The third-order valence-corrected chi connectivity index (χ3v) is 11.6. The van der Waals surface area contributed by atoms with Gasteiger partial charge in [0.25, 0.3) is 0 Å². The van der Waals surface area contributed by atoms with Gasteiger partial charge in [-0.2, -0.15) is 9.97 Å². The summed E-state index contributed by atoms with van der Waals surface area (Å²) in [5.74, 6) is 1.85. The molecule has 0 unspecified atom stereocenters. The number of hydrogen-bond acceptors (Lipinski definition) is 3. The molecule has 0 atom stereocenters. The average Bonchev–Trinajstić information content (AvgIpc) is 3.93. The first-order valence-corrected chi connectivity index (χ1v) is 19.6. The lowest BCUT2D eigenvalue weighted by Gasteiger charge is -2.13. The first-order valence-electron chi connectivity index (χ1n) is 19.6. The van der Waals surface area contributed by atoms with Crippen LogP contribution in [0.1, 0.15) is 5.56 Å². The lowest BCUT2D eigenvalue weighted by atomic mass is 10.1. The Morgan fingerprint density at radius 3 is 1.33 bits per heavy atom. The minimum absolute atomic E-state index is 0.581. The molecule has 4 heterocycles. The minimum Gasteiger partial charge on any atom is -0.309 e. The van der Waals surface area contributed by atoms with Crippen LogP contribution >= 0.6 is 0 Å². The Labute approximate surface area is 333 Å². The van der Waals surface area contributed by atoms with Crippen LogP contribution in [0.3, 0.4) is 0 Å². The minimum atomic E-state index is 0.581. The molecule has 0 radical (unpaired) electrons. The van der Waals surface area contributed by atoms with E-state index in [1.807, 2.05) is 18.2 Å². The van der Waals surface area contributed by atoms with Gasteiger partial charge >= 0.3 is 0 Å². The Hall–Kier alpha value is -7.83. The monoisotopic (exact) mass is 742 g/mol. The maximum Gasteiger partial charge on any atom is 0.238 e. The molecule has 272 valence electrons. The molecule has 0 saturated carbocycles. The summed E-state index contributed by atoms with van der Waals surface area (Å²) in [7, 11) is 0. The molecule has 4 aromatic heterocycles. The standard InChI is InChI=1S/C52H34N6/c1-33-26-28-35(29-27-33)51-53-50(34-14-3-2-4-15-34)54-52(55-51)58-45-25-12-8-21-41(45)49-47(58)31-30-46-48(49)40-20-7-11-24-44(40)57(46)37-17-13-16-36(32-37)56-42-22-9-5-18-38(42)39-19-6-10-23-43(39)56/h2-32H,1H3. The molecule has 6 heteroatoms. The molecule has 0 spiro atoms. The molecule has 0 amide bonds. The summed E-state index contributed by atoms with van der Waals surface area (Å²) in [6, 6.07) is 66.7. The van der Waals surface area contributed by atoms with E-state index in [0.29, 0.717) is 17.6 Å². The third kappa shape index (κ3) is 4.82. The molecule has 0 fully saturated rings. The molecular formula is C52H34N6. The van der Waals surface area contributed by atoms with Crippen LogP contribution in [0.25, 0.3) is 106 Å². The zero-order valence-electron chi connectivity index (χ0n) is 31.6. The third-order valence-electron chi connectivity index (χ3n) is 11.6. The predicted molar refractivity (Wildman–Crippen MR) is 238 cm³/mol. The van der Waals surface area contributed by atoms with Crippen LogP contribution in [0.4, 0.5) is 0 Å². The van der Waals surface area contributed by atoms with Crippen molar-refractivity contribution in [2.75, 3.05) is 0 Å². The number of fused-ring (bicyclic) bond motifs is 10. The van der Waals surface area contributed by atoms with Crippen molar-refractivity contribution in [2.45, 2.75) is 6.92 Å². The maximum absolute atomic E-state index is 5.21. The average molecular weight is 743 g/mol. The van der Waals surface area contributed by atoms with Gasteiger partial charge in [0.05, 0.1) is 33.1 Å². The molecule has 12 aromatic rings. The number of aryl methyl sites for hydroxylation is 1. The molecule has 0 bridgehead atoms. The Kier molecular flexibility index (Phi) is 7.04. The second-order valence-electron chi connectivity index (χ2n) is 15.0. The van der Waals surface area contributed by atoms with Gasteiger partial charge in [-0.3, -0.25) is 4.57 Å². The highest BCUT2D eigenvalue weighted by atomic mass is 15.2. The van der Waals surface area contributed by atoms with E-state index in [9.17, 15) is 0 Å². The number of benzene rings is 8. The smallest absolute Gasteiger partial charge is 0.238 e. The highest BCUT2D eigenvalue weighted by Crippen LogP contribution is 2.43. The summed E-state index contributed by atoms with van der Waals surface area (Å²) in [6.45, 7) is 2.09. The highest BCUT2D eigenvalue weighted by molar-refractivity contribution is 6.28. The van der Waals surface area contributed by atoms with Crippen molar-refractivity contribution in [2.24, 2.45) is 0 Å². The Morgan fingerprint density at radius 2 is 0.759 bits per heavy atom. The van der Waals surface area contributed by atoms with Crippen LogP contribution in [0.2, 0.25) is 0 Å². The van der Waals surface area contributed by atoms with Crippen molar-refractivity contribution < 1.29 is 0 Å². The van der Waals surface area contributed by atoms with Crippen molar-refractivity contribution in [3.8, 4) is 40.1 Å². The number of nitrogens with zero attached hydrogens (tertiary/aromatic N) is 6. The first-order chi connectivity index (χ1) is 28.7. The van der Waals surface area contributed by atoms with E-state index in [0.717, 1.165) is 50.0 Å². The van der Waals surface area contributed by atoms with Crippen molar-refractivity contribution in [3.05, 3.63) is 194 Å². The summed E-state index contributed by atoms with van der Waals surface area (Å²) in [4.78, 5) is 15.4. The molecule has 0 aliphatic carbocycles. The van der Waals surface area contributed by atoms with Gasteiger partial charge in [0.15, 0.2) is 11.6 Å². The van der Waals surface area contributed by atoms with Gasteiger partial charge in [0.1, 0.15) is 0 Å². The van der Waals surface area contributed by atoms with E-state index >= 15 is 0 Å². The van der Waals surface area contributed by atoms with Crippen LogP contribution in [-0.4, -0.2) is 28.7 Å². The van der Waals surface area contributed by atoms with Gasteiger partial charge in [0, 0.05) is 54.8 Å². The highest BCUT2D eigenvalue weighted by Gasteiger charge is 2.23. The Bertz CT molecular complexity index is 3520. The number of hydrogen-bond donors (Lipinski definition) is 0. The number of aromatic nitrogens is 6. The normalized spacial score (nSPS) is 11.9. The largest absolute Gasteiger partial charge is 0.309 e. The summed E-state index contributed by atoms with van der Waals surface area (Å²) in [6.07, 6.45) is 0. The molecule has 58 heavy (non-hydrogen) atoms. The van der Waals surface area contributed by atoms with Gasteiger partial charge in [-0.15, -0.1) is 0 Å². The first kappa shape index (κ1) is 32.4. The molecule has 0 N–H and O–H groups in total. The second kappa shape index (κ2) is 12.6. The summed E-state index contributed by atoms with van der Waals surface area (Å²) in [5.41, 5.74) is 12.0. The van der Waals surface area contributed by atoms with E-state index in [-0.39, 0.29) is 0 Å². The van der Waals surface area contributed by atoms with Crippen LogP contribution in [0.5, 0.6) is 0 Å². The van der Waals surface area contributed by atoms with Crippen molar-refractivity contribution >= 4 is 65.4 Å². The van der Waals surface area contributed by atoms with Crippen LogP contribution in [0, 0.1) is 6.92 Å². The zero-order valence-corrected chi connectivity index (χ0v) is 31.6. The molecule has 0 aliphatic rings. The summed E-state index contributed by atoms with van der Waals surface area (Å²) < 4.78 is 7.02. The van der Waals surface area contributed by atoms with Crippen molar-refractivity contribution in [1.29, 1.82) is 0 Å². The summed E-state index contributed by atoms with van der Waals surface area (Å²) in [5, 5.41) is 7.19. The molecule has 8 aromatic carbocycles. The lowest BCUT2D eigenvalue weighted by molar-refractivity contribution is 0.953. The van der Waals surface area contributed by atoms with Crippen LogP contribution < -0.4 is 0 Å². The van der Waals surface area contributed by atoms with Gasteiger partial charge in [-0.05, 0) is 61.5 Å². The molecule has 12 rings (SSSR count). The quantitative estimate of drug-likeness (QED) is 0.176. The van der Waals surface area contributed by atoms with Crippen LogP contribution in [-0.2, 0) is 0 Å². The molecular weight excluding hydrogens is 709 g/mol. The molecule has 6 nitrogen and oxygen atoms in total. The van der Waals surface area contributed by atoms with E-state index < -0.39 is 0 Å². The van der Waals surface area contributed by atoms with Gasteiger partial charge in [-0.25, -0.2) is 4.98 Å². The maximum atomic E-state index is 5.21.